The fraction of sp³-hybridized carbons (Fsp3) is 0.241. The van der Waals surface area contributed by atoms with Gasteiger partial charge in [0.1, 0.15) is 0 Å². The van der Waals surface area contributed by atoms with Gasteiger partial charge in [0.25, 0.3) is 0 Å². The summed E-state index contributed by atoms with van der Waals surface area (Å²) in [4.78, 5) is 0. The third kappa shape index (κ3) is 3.66. The van der Waals surface area contributed by atoms with Crippen molar-refractivity contribution in [1.29, 1.82) is 0 Å². The topological polar surface area (TPSA) is 9.23 Å². The van der Waals surface area contributed by atoms with Gasteiger partial charge >= 0.3 is 0 Å². The van der Waals surface area contributed by atoms with Crippen molar-refractivity contribution >= 4 is 32.3 Å². The number of rotatable bonds is 8. The summed E-state index contributed by atoms with van der Waals surface area (Å²) in [5, 5.41) is 8.26. The molecule has 5 aromatic rings. The number of aryl methyl sites for hydroxylation is 2. The van der Waals surface area contributed by atoms with E-state index in [1.165, 1.54) is 49.0 Å². The Bertz CT molecular complexity index is 1250. The molecule has 1 heteroatoms. The molecule has 0 saturated heterocycles. The molecule has 0 aromatic heterocycles. The van der Waals surface area contributed by atoms with Gasteiger partial charge in [-0.2, -0.15) is 0 Å². The largest absolute Gasteiger partial charge is 0.377 e. The molecule has 0 radical (unpaired) electrons. The summed E-state index contributed by atoms with van der Waals surface area (Å²) < 4.78 is 5.91. The molecular formula is C29H28O. The van der Waals surface area contributed by atoms with Gasteiger partial charge in [0.05, 0.1) is 6.61 Å². The van der Waals surface area contributed by atoms with E-state index in [1.54, 1.807) is 0 Å². The Balaban J connectivity index is 1.23. The molecule has 0 unspecified atom stereocenters. The molecule has 0 amide bonds. The highest BCUT2D eigenvalue weighted by molar-refractivity contribution is 6.23. The maximum atomic E-state index is 5.91. The first-order valence-corrected chi connectivity index (χ1v) is 11.1. The number of hydrogen-bond acceptors (Lipinski definition) is 1. The fourth-order valence-electron chi connectivity index (χ4n) is 4.59. The number of ether oxygens (including phenoxy) is 1. The molecule has 0 fully saturated rings. The Hall–Kier alpha value is -2.90. The van der Waals surface area contributed by atoms with E-state index in [1.807, 2.05) is 0 Å². The lowest BCUT2D eigenvalue weighted by atomic mass is 9.91. The van der Waals surface area contributed by atoms with Crippen molar-refractivity contribution in [2.45, 2.75) is 39.2 Å². The van der Waals surface area contributed by atoms with Crippen LogP contribution in [0.25, 0.3) is 32.3 Å². The van der Waals surface area contributed by atoms with Gasteiger partial charge in [0, 0.05) is 6.61 Å². The van der Waals surface area contributed by atoms with Crippen LogP contribution in [-0.4, -0.2) is 6.61 Å². The second-order valence-corrected chi connectivity index (χ2v) is 8.26. The maximum Gasteiger partial charge on any atom is 0.0716 e. The van der Waals surface area contributed by atoms with Crippen molar-refractivity contribution in [3.63, 3.8) is 0 Å². The van der Waals surface area contributed by atoms with E-state index in [4.69, 9.17) is 4.74 Å². The van der Waals surface area contributed by atoms with Crippen molar-refractivity contribution in [3.8, 4) is 0 Å². The highest BCUT2D eigenvalue weighted by Gasteiger charge is 2.10. The summed E-state index contributed by atoms with van der Waals surface area (Å²) in [7, 11) is 0. The van der Waals surface area contributed by atoms with Gasteiger partial charge in [0.2, 0.25) is 0 Å². The van der Waals surface area contributed by atoms with Crippen LogP contribution in [0.2, 0.25) is 0 Å². The van der Waals surface area contributed by atoms with Crippen LogP contribution < -0.4 is 0 Å². The molecule has 0 spiro atoms. The molecule has 1 nitrogen and oxygen atoms in total. The van der Waals surface area contributed by atoms with E-state index in [2.05, 4.69) is 85.8 Å². The molecule has 0 N–H and O–H groups in total. The molecule has 0 aliphatic rings. The monoisotopic (exact) mass is 392 g/mol. The van der Waals surface area contributed by atoms with Gasteiger partial charge in [-0.15, -0.1) is 0 Å². The summed E-state index contributed by atoms with van der Waals surface area (Å²) in [6.45, 7) is 3.72. The molecule has 0 atom stereocenters. The summed E-state index contributed by atoms with van der Waals surface area (Å²) >= 11 is 0. The first-order valence-electron chi connectivity index (χ1n) is 11.1. The lowest BCUT2D eigenvalue weighted by Crippen LogP contribution is -1.97. The third-order valence-electron chi connectivity index (χ3n) is 6.30. The van der Waals surface area contributed by atoms with Crippen molar-refractivity contribution in [1.82, 2.24) is 0 Å². The van der Waals surface area contributed by atoms with E-state index in [9.17, 15) is 0 Å². The smallest absolute Gasteiger partial charge is 0.0716 e. The highest BCUT2D eigenvalue weighted by atomic mass is 16.5. The minimum atomic E-state index is 0.711. The van der Waals surface area contributed by atoms with Crippen LogP contribution in [0.4, 0.5) is 0 Å². The zero-order chi connectivity index (χ0) is 20.3. The minimum Gasteiger partial charge on any atom is -0.377 e. The second kappa shape index (κ2) is 8.45. The average Bonchev–Trinajstić information content (AvgIpc) is 2.80. The van der Waals surface area contributed by atoms with Crippen LogP contribution in [0.5, 0.6) is 0 Å². The van der Waals surface area contributed by atoms with Gasteiger partial charge in [-0.05, 0) is 74.7 Å². The summed E-state index contributed by atoms with van der Waals surface area (Å²) in [6.07, 6.45) is 4.43. The Morgan fingerprint density at radius 2 is 1.30 bits per heavy atom. The SMILES string of the molecule is CCc1ccc(COCCCCc2ccc3ccc4cccc5ccc2c3c45)cc1. The molecule has 0 saturated carbocycles. The third-order valence-corrected chi connectivity index (χ3v) is 6.30. The standard InChI is InChI=1S/C29H28O/c1-2-21-9-11-22(12-10-21)20-30-19-4-3-6-23-13-14-26-16-15-24-7-5-8-25-17-18-27(23)29(26)28(24)25/h5,7-18H,2-4,6,19-20H2,1H3. The van der Waals surface area contributed by atoms with E-state index in [-0.39, 0.29) is 0 Å². The predicted octanol–water partition coefficient (Wildman–Crippen LogP) is 7.69. The lowest BCUT2D eigenvalue weighted by molar-refractivity contribution is 0.117. The van der Waals surface area contributed by atoms with E-state index in [0.29, 0.717) is 6.61 Å². The minimum absolute atomic E-state index is 0.711. The van der Waals surface area contributed by atoms with Crippen molar-refractivity contribution in [2.75, 3.05) is 6.61 Å². The quantitative estimate of drug-likeness (QED) is 0.194. The predicted molar refractivity (Wildman–Crippen MR) is 129 cm³/mol. The van der Waals surface area contributed by atoms with E-state index >= 15 is 0 Å². The van der Waals surface area contributed by atoms with Crippen molar-refractivity contribution < 1.29 is 4.74 Å². The molecule has 30 heavy (non-hydrogen) atoms. The van der Waals surface area contributed by atoms with Gasteiger partial charge in [-0.3, -0.25) is 0 Å². The molecule has 5 aromatic carbocycles. The van der Waals surface area contributed by atoms with Gasteiger partial charge in [0.15, 0.2) is 0 Å². The van der Waals surface area contributed by atoms with Crippen LogP contribution in [-0.2, 0) is 24.2 Å². The van der Waals surface area contributed by atoms with Crippen LogP contribution in [0.15, 0.2) is 78.9 Å². The van der Waals surface area contributed by atoms with Crippen LogP contribution in [0.3, 0.4) is 0 Å². The molecule has 0 aliphatic heterocycles. The molecule has 150 valence electrons. The Kier molecular flexibility index (Phi) is 5.38. The highest BCUT2D eigenvalue weighted by Crippen LogP contribution is 2.36. The molecular weight excluding hydrogens is 364 g/mol. The molecule has 0 aliphatic carbocycles. The second-order valence-electron chi connectivity index (χ2n) is 8.26. The van der Waals surface area contributed by atoms with Crippen LogP contribution >= 0.6 is 0 Å². The molecule has 5 rings (SSSR count). The first-order chi connectivity index (χ1) is 14.8. The molecule has 0 bridgehead atoms. The summed E-state index contributed by atoms with van der Waals surface area (Å²) in [5.41, 5.74) is 4.10. The first kappa shape index (κ1) is 19.1. The van der Waals surface area contributed by atoms with Gasteiger partial charge < -0.3 is 4.74 Å². The fourth-order valence-corrected chi connectivity index (χ4v) is 4.59. The Morgan fingerprint density at radius 3 is 2.07 bits per heavy atom. The van der Waals surface area contributed by atoms with E-state index < -0.39 is 0 Å². The normalized spacial score (nSPS) is 11.8. The zero-order valence-corrected chi connectivity index (χ0v) is 17.7. The summed E-state index contributed by atoms with van der Waals surface area (Å²) in [6, 6.07) is 29.1. The van der Waals surface area contributed by atoms with Crippen LogP contribution in [0, 0.1) is 0 Å². The van der Waals surface area contributed by atoms with E-state index in [0.717, 1.165) is 32.3 Å². The number of hydrogen-bond donors (Lipinski definition) is 0. The zero-order valence-electron chi connectivity index (χ0n) is 17.7. The Morgan fingerprint density at radius 1 is 0.633 bits per heavy atom. The number of unbranched alkanes of at least 4 members (excludes halogenated alkanes) is 1. The van der Waals surface area contributed by atoms with Gasteiger partial charge in [-0.25, -0.2) is 0 Å². The maximum absolute atomic E-state index is 5.91. The van der Waals surface area contributed by atoms with Crippen molar-refractivity contribution in [3.05, 3.63) is 95.6 Å². The average molecular weight is 393 g/mol. The van der Waals surface area contributed by atoms with Crippen molar-refractivity contribution in [2.24, 2.45) is 0 Å². The van der Waals surface area contributed by atoms with Gasteiger partial charge in [-0.1, -0.05) is 85.8 Å². The lowest BCUT2D eigenvalue weighted by Gasteiger charge is -2.14. The molecule has 0 heterocycles. The number of benzene rings is 5. The summed E-state index contributed by atoms with van der Waals surface area (Å²) in [5.74, 6) is 0. The Labute approximate surface area is 178 Å². The van der Waals surface area contributed by atoms with Crippen LogP contribution in [0.1, 0.15) is 36.5 Å².